The molecule has 0 N–H and O–H groups in total. The number of Topliss-reactive ketones (excluding diaryl/α,β-unsaturated/α-hetero) is 1. The molecular weight excluding hydrogens is 224 g/mol. The number of carbonyl (C=O) groups excluding carboxylic acids is 1. The fourth-order valence-corrected chi connectivity index (χ4v) is 2.46. The van der Waals surface area contributed by atoms with Crippen LogP contribution in [0.3, 0.4) is 0 Å². The van der Waals surface area contributed by atoms with Crippen molar-refractivity contribution in [2.45, 2.75) is 45.6 Å². The summed E-state index contributed by atoms with van der Waals surface area (Å²) in [7, 11) is 0. The van der Waals surface area contributed by atoms with Crippen LogP contribution in [0.2, 0.25) is 0 Å². The zero-order chi connectivity index (χ0) is 13.0. The standard InChI is InChI=1S/C16H22O2/c1-12(2)10-13-6-5-7-14(11-13)16(17)15-8-3-4-9-18-15/h5-7,11-12,15H,3-4,8-10H2,1-2H3. The summed E-state index contributed by atoms with van der Waals surface area (Å²) >= 11 is 0. The van der Waals surface area contributed by atoms with Crippen LogP contribution in [0.5, 0.6) is 0 Å². The first kappa shape index (κ1) is 13.3. The van der Waals surface area contributed by atoms with E-state index in [0.29, 0.717) is 5.92 Å². The van der Waals surface area contributed by atoms with E-state index in [1.165, 1.54) is 5.56 Å². The minimum atomic E-state index is -0.215. The Kier molecular flexibility index (Phi) is 4.54. The molecular formula is C16H22O2. The van der Waals surface area contributed by atoms with Gasteiger partial charge in [-0.3, -0.25) is 4.79 Å². The number of rotatable bonds is 4. The van der Waals surface area contributed by atoms with Gasteiger partial charge in [0.15, 0.2) is 5.78 Å². The van der Waals surface area contributed by atoms with Crippen molar-refractivity contribution in [1.29, 1.82) is 0 Å². The maximum Gasteiger partial charge on any atom is 0.191 e. The Balaban J connectivity index is 2.09. The number of benzene rings is 1. The Morgan fingerprint density at radius 2 is 2.22 bits per heavy atom. The molecule has 1 atom stereocenters. The SMILES string of the molecule is CC(C)Cc1cccc(C(=O)C2CCCCO2)c1. The first-order valence-corrected chi connectivity index (χ1v) is 6.91. The molecule has 0 spiro atoms. The molecule has 0 aliphatic carbocycles. The van der Waals surface area contributed by atoms with Crippen molar-refractivity contribution >= 4 is 5.78 Å². The van der Waals surface area contributed by atoms with Gasteiger partial charge in [-0.05, 0) is 43.2 Å². The zero-order valence-electron chi connectivity index (χ0n) is 11.3. The van der Waals surface area contributed by atoms with Crippen LogP contribution >= 0.6 is 0 Å². The van der Waals surface area contributed by atoms with Crippen molar-refractivity contribution in [3.05, 3.63) is 35.4 Å². The van der Waals surface area contributed by atoms with Gasteiger partial charge in [-0.15, -0.1) is 0 Å². The van der Waals surface area contributed by atoms with Gasteiger partial charge >= 0.3 is 0 Å². The van der Waals surface area contributed by atoms with Crippen molar-refractivity contribution in [1.82, 2.24) is 0 Å². The largest absolute Gasteiger partial charge is 0.370 e. The molecule has 1 saturated heterocycles. The van der Waals surface area contributed by atoms with Crippen LogP contribution in [0.25, 0.3) is 0 Å². The lowest BCUT2D eigenvalue weighted by Crippen LogP contribution is -2.28. The number of ketones is 1. The molecule has 1 fully saturated rings. The second kappa shape index (κ2) is 6.14. The number of carbonyl (C=O) groups is 1. The Bertz CT molecular complexity index is 403. The molecule has 18 heavy (non-hydrogen) atoms. The maximum absolute atomic E-state index is 12.3. The molecule has 1 aliphatic rings. The molecule has 1 aromatic rings. The third-order valence-electron chi connectivity index (χ3n) is 3.33. The first-order chi connectivity index (χ1) is 8.66. The predicted octanol–water partition coefficient (Wildman–Crippen LogP) is 3.64. The molecule has 1 heterocycles. The molecule has 0 bridgehead atoms. The van der Waals surface area contributed by atoms with Crippen LogP contribution in [0, 0.1) is 5.92 Å². The lowest BCUT2D eigenvalue weighted by atomic mass is 9.96. The monoisotopic (exact) mass is 246 g/mol. The highest BCUT2D eigenvalue weighted by Gasteiger charge is 2.23. The summed E-state index contributed by atoms with van der Waals surface area (Å²) in [5.41, 5.74) is 2.05. The Hall–Kier alpha value is -1.15. The van der Waals surface area contributed by atoms with Gasteiger partial charge in [-0.25, -0.2) is 0 Å². The van der Waals surface area contributed by atoms with Crippen molar-refractivity contribution in [3.63, 3.8) is 0 Å². The van der Waals surface area contributed by atoms with Gasteiger partial charge in [-0.1, -0.05) is 32.0 Å². The van der Waals surface area contributed by atoms with Crippen LogP contribution in [-0.4, -0.2) is 18.5 Å². The first-order valence-electron chi connectivity index (χ1n) is 6.91. The van der Waals surface area contributed by atoms with Crippen LogP contribution in [0.1, 0.15) is 49.0 Å². The zero-order valence-corrected chi connectivity index (χ0v) is 11.3. The summed E-state index contributed by atoms with van der Waals surface area (Å²) in [6, 6.07) is 8.01. The van der Waals surface area contributed by atoms with Gasteiger partial charge < -0.3 is 4.74 Å². The predicted molar refractivity (Wildman–Crippen MR) is 72.9 cm³/mol. The summed E-state index contributed by atoms with van der Waals surface area (Å²) in [5.74, 6) is 0.765. The molecule has 1 unspecified atom stereocenters. The smallest absolute Gasteiger partial charge is 0.191 e. The molecule has 2 heteroatoms. The molecule has 2 rings (SSSR count). The van der Waals surface area contributed by atoms with E-state index in [1.54, 1.807) is 0 Å². The van der Waals surface area contributed by atoms with E-state index in [2.05, 4.69) is 19.9 Å². The topological polar surface area (TPSA) is 26.3 Å². The lowest BCUT2D eigenvalue weighted by Gasteiger charge is -2.21. The molecule has 2 nitrogen and oxygen atoms in total. The second-order valence-electron chi connectivity index (χ2n) is 5.52. The molecule has 0 saturated carbocycles. The summed E-state index contributed by atoms with van der Waals surface area (Å²) in [4.78, 5) is 12.3. The van der Waals surface area contributed by atoms with E-state index in [9.17, 15) is 4.79 Å². The van der Waals surface area contributed by atoms with Crippen molar-refractivity contribution in [2.75, 3.05) is 6.61 Å². The molecule has 98 valence electrons. The summed E-state index contributed by atoms with van der Waals surface area (Å²) in [6.07, 6.45) is 3.85. The van der Waals surface area contributed by atoms with E-state index in [1.807, 2.05) is 18.2 Å². The maximum atomic E-state index is 12.3. The van der Waals surface area contributed by atoms with E-state index >= 15 is 0 Å². The molecule has 0 radical (unpaired) electrons. The molecule has 0 amide bonds. The van der Waals surface area contributed by atoms with Crippen LogP contribution in [0.4, 0.5) is 0 Å². The minimum absolute atomic E-state index is 0.153. The highest BCUT2D eigenvalue weighted by atomic mass is 16.5. The quantitative estimate of drug-likeness (QED) is 0.758. The van der Waals surface area contributed by atoms with Gasteiger partial charge in [0.1, 0.15) is 6.10 Å². The number of ether oxygens (including phenoxy) is 1. The van der Waals surface area contributed by atoms with Crippen LogP contribution < -0.4 is 0 Å². The normalized spacial score (nSPS) is 20.1. The number of hydrogen-bond acceptors (Lipinski definition) is 2. The van der Waals surface area contributed by atoms with Gasteiger partial charge in [0.05, 0.1) is 0 Å². The summed E-state index contributed by atoms with van der Waals surface area (Å²) in [5, 5.41) is 0. The molecule has 1 aliphatic heterocycles. The van der Waals surface area contributed by atoms with Crippen LogP contribution in [-0.2, 0) is 11.2 Å². The lowest BCUT2D eigenvalue weighted by molar-refractivity contribution is 0.0186. The van der Waals surface area contributed by atoms with Crippen LogP contribution in [0.15, 0.2) is 24.3 Å². The highest BCUT2D eigenvalue weighted by Crippen LogP contribution is 2.19. The second-order valence-corrected chi connectivity index (χ2v) is 5.52. The van der Waals surface area contributed by atoms with Gasteiger partial charge in [0.25, 0.3) is 0 Å². The van der Waals surface area contributed by atoms with Gasteiger partial charge in [0, 0.05) is 12.2 Å². The third-order valence-corrected chi connectivity index (χ3v) is 3.33. The molecule has 0 aromatic heterocycles. The Morgan fingerprint density at radius 1 is 1.39 bits per heavy atom. The Morgan fingerprint density at radius 3 is 2.89 bits per heavy atom. The third kappa shape index (κ3) is 3.42. The molecule has 1 aromatic carbocycles. The van der Waals surface area contributed by atoms with E-state index in [4.69, 9.17) is 4.74 Å². The Labute approximate surface area is 109 Å². The minimum Gasteiger partial charge on any atom is -0.370 e. The number of hydrogen-bond donors (Lipinski definition) is 0. The van der Waals surface area contributed by atoms with E-state index in [0.717, 1.165) is 37.9 Å². The van der Waals surface area contributed by atoms with Crippen molar-refractivity contribution in [2.24, 2.45) is 5.92 Å². The summed E-state index contributed by atoms with van der Waals surface area (Å²) < 4.78 is 5.57. The average Bonchev–Trinajstić information content (AvgIpc) is 2.38. The van der Waals surface area contributed by atoms with E-state index < -0.39 is 0 Å². The average molecular weight is 246 g/mol. The fraction of sp³-hybridized carbons (Fsp3) is 0.562. The van der Waals surface area contributed by atoms with Gasteiger partial charge in [-0.2, -0.15) is 0 Å². The van der Waals surface area contributed by atoms with Gasteiger partial charge in [0.2, 0.25) is 0 Å². The highest BCUT2D eigenvalue weighted by molar-refractivity contribution is 5.99. The van der Waals surface area contributed by atoms with E-state index in [-0.39, 0.29) is 11.9 Å². The fourth-order valence-electron chi connectivity index (χ4n) is 2.46. The van der Waals surface area contributed by atoms with Crippen molar-refractivity contribution in [3.8, 4) is 0 Å². The summed E-state index contributed by atoms with van der Waals surface area (Å²) in [6.45, 7) is 5.11. The van der Waals surface area contributed by atoms with Crippen molar-refractivity contribution < 1.29 is 9.53 Å².